The number of rotatable bonds is 2. The van der Waals surface area contributed by atoms with Gasteiger partial charge >= 0.3 is 0 Å². The molecule has 0 aliphatic carbocycles. The molecular formula is C12H16Br2O. The highest BCUT2D eigenvalue weighted by molar-refractivity contribution is 9.10. The molecule has 0 aliphatic heterocycles. The molecule has 1 unspecified atom stereocenters. The number of ether oxygens (including phenoxy) is 1. The van der Waals surface area contributed by atoms with Gasteiger partial charge in [-0.25, -0.2) is 0 Å². The van der Waals surface area contributed by atoms with Crippen LogP contribution in [0.3, 0.4) is 0 Å². The molecular weight excluding hydrogens is 320 g/mol. The second kappa shape index (κ2) is 4.88. The molecule has 0 heterocycles. The summed E-state index contributed by atoms with van der Waals surface area (Å²) < 4.78 is 6.44. The Morgan fingerprint density at radius 1 is 1.27 bits per heavy atom. The zero-order valence-electron chi connectivity index (χ0n) is 9.47. The van der Waals surface area contributed by atoms with Crippen LogP contribution in [-0.4, -0.2) is 7.11 Å². The molecule has 1 rings (SSSR count). The van der Waals surface area contributed by atoms with Crippen molar-refractivity contribution in [3.8, 4) is 5.75 Å². The lowest BCUT2D eigenvalue weighted by Gasteiger charge is -2.27. The third kappa shape index (κ3) is 3.22. The number of halogens is 2. The quantitative estimate of drug-likeness (QED) is 0.695. The molecule has 0 aromatic heterocycles. The van der Waals surface area contributed by atoms with Gasteiger partial charge in [0.25, 0.3) is 0 Å². The first kappa shape index (κ1) is 13.0. The molecule has 15 heavy (non-hydrogen) atoms. The average molecular weight is 336 g/mol. The Bertz CT molecular complexity index is 342. The highest BCUT2D eigenvalue weighted by Crippen LogP contribution is 2.44. The van der Waals surface area contributed by atoms with Crippen LogP contribution < -0.4 is 4.74 Å². The van der Waals surface area contributed by atoms with Crippen LogP contribution in [0.25, 0.3) is 0 Å². The van der Waals surface area contributed by atoms with Crippen LogP contribution in [0, 0.1) is 5.41 Å². The van der Waals surface area contributed by atoms with E-state index in [0.29, 0.717) is 0 Å². The van der Waals surface area contributed by atoms with E-state index in [9.17, 15) is 0 Å². The van der Waals surface area contributed by atoms with E-state index in [1.807, 2.05) is 12.1 Å². The van der Waals surface area contributed by atoms with Crippen molar-refractivity contribution < 1.29 is 4.74 Å². The molecule has 0 bridgehead atoms. The number of hydrogen-bond donors (Lipinski definition) is 0. The maximum Gasteiger partial charge on any atom is 0.123 e. The number of methoxy groups -OCH3 is 1. The summed E-state index contributed by atoms with van der Waals surface area (Å²) in [6.45, 7) is 6.60. The van der Waals surface area contributed by atoms with E-state index in [2.05, 4.69) is 58.7 Å². The molecule has 0 saturated heterocycles. The molecule has 0 spiro atoms. The Balaban J connectivity index is 3.17. The van der Waals surface area contributed by atoms with Crippen molar-refractivity contribution in [2.75, 3.05) is 7.11 Å². The van der Waals surface area contributed by atoms with Crippen molar-refractivity contribution in [1.29, 1.82) is 0 Å². The van der Waals surface area contributed by atoms with Gasteiger partial charge in [-0.2, -0.15) is 0 Å². The van der Waals surface area contributed by atoms with Gasteiger partial charge in [0.15, 0.2) is 0 Å². The van der Waals surface area contributed by atoms with Crippen LogP contribution in [0.2, 0.25) is 0 Å². The summed E-state index contributed by atoms with van der Waals surface area (Å²) in [6.07, 6.45) is 0. The van der Waals surface area contributed by atoms with E-state index >= 15 is 0 Å². The fraction of sp³-hybridized carbons (Fsp3) is 0.500. The smallest absolute Gasteiger partial charge is 0.123 e. The summed E-state index contributed by atoms with van der Waals surface area (Å²) in [6, 6.07) is 6.08. The van der Waals surface area contributed by atoms with E-state index in [1.165, 1.54) is 5.56 Å². The predicted molar refractivity (Wildman–Crippen MR) is 71.8 cm³/mol. The summed E-state index contributed by atoms with van der Waals surface area (Å²) in [4.78, 5) is 0.275. The SMILES string of the molecule is COc1ccc(Br)cc1C(Br)C(C)(C)C. The van der Waals surface area contributed by atoms with Crippen molar-refractivity contribution in [2.24, 2.45) is 5.41 Å². The molecule has 1 nitrogen and oxygen atoms in total. The lowest BCUT2D eigenvalue weighted by Crippen LogP contribution is -2.13. The lowest BCUT2D eigenvalue weighted by atomic mass is 9.87. The standard InChI is InChI=1S/C12H16Br2O/c1-12(2,3)11(14)9-7-8(13)5-6-10(9)15-4/h5-7,11H,1-4H3. The maximum atomic E-state index is 5.37. The Labute approximate surface area is 108 Å². The van der Waals surface area contributed by atoms with Gasteiger partial charge in [0, 0.05) is 14.9 Å². The molecule has 0 fully saturated rings. The van der Waals surface area contributed by atoms with E-state index in [4.69, 9.17) is 4.74 Å². The molecule has 1 aromatic carbocycles. The van der Waals surface area contributed by atoms with E-state index in [1.54, 1.807) is 7.11 Å². The van der Waals surface area contributed by atoms with Crippen molar-refractivity contribution in [2.45, 2.75) is 25.6 Å². The second-order valence-corrected chi connectivity index (χ2v) is 6.45. The van der Waals surface area contributed by atoms with Crippen LogP contribution in [0.15, 0.2) is 22.7 Å². The Kier molecular flexibility index (Phi) is 4.24. The molecule has 0 N–H and O–H groups in total. The van der Waals surface area contributed by atoms with Crippen LogP contribution in [0.5, 0.6) is 5.75 Å². The van der Waals surface area contributed by atoms with E-state index in [-0.39, 0.29) is 10.2 Å². The summed E-state index contributed by atoms with van der Waals surface area (Å²) >= 11 is 7.22. The number of alkyl halides is 1. The summed E-state index contributed by atoms with van der Waals surface area (Å²) in [5.74, 6) is 0.926. The normalized spacial score (nSPS) is 13.7. The highest BCUT2D eigenvalue weighted by Gasteiger charge is 2.26. The predicted octanol–water partition coefficient (Wildman–Crippen LogP) is 4.94. The van der Waals surface area contributed by atoms with Gasteiger partial charge in [0.2, 0.25) is 0 Å². The van der Waals surface area contributed by atoms with Crippen LogP contribution in [0.4, 0.5) is 0 Å². The van der Waals surface area contributed by atoms with E-state index < -0.39 is 0 Å². The molecule has 0 saturated carbocycles. The molecule has 0 radical (unpaired) electrons. The highest BCUT2D eigenvalue weighted by atomic mass is 79.9. The van der Waals surface area contributed by atoms with Gasteiger partial charge in [-0.3, -0.25) is 0 Å². The Morgan fingerprint density at radius 2 is 1.87 bits per heavy atom. The topological polar surface area (TPSA) is 9.23 Å². The lowest BCUT2D eigenvalue weighted by molar-refractivity contribution is 0.376. The zero-order chi connectivity index (χ0) is 11.6. The van der Waals surface area contributed by atoms with Crippen molar-refractivity contribution in [3.05, 3.63) is 28.2 Å². The summed E-state index contributed by atoms with van der Waals surface area (Å²) in [5.41, 5.74) is 1.34. The molecule has 1 aromatic rings. The first-order valence-corrected chi connectivity index (χ1v) is 6.54. The van der Waals surface area contributed by atoms with Gasteiger partial charge in [-0.05, 0) is 23.6 Å². The molecule has 0 aliphatic rings. The Hall–Kier alpha value is -0.0200. The molecule has 1 atom stereocenters. The van der Waals surface area contributed by atoms with Gasteiger partial charge in [-0.15, -0.1) is 0 Å². The van der Waals surface area contributed by atoms with Crippen molar-refractivity contribution >= 4 is 31.9 Å². The van der Waals surface area contributed by atoms with Gasteiger partial charge in [0.05, 0.1) is 7.11 Å². The van der Waals surface area contributed by atoms with Gasteiger partial charge < -0.3 is 4.74 Å². The molecule has 0 amide bonds. The minimum Gasteiger partial charge on any atom is -0.496 e. The largest absolute Gasteiger partial charge is 0.496 e. The minimum absolute atomic E-state index is 0.161. The minimum atomic E-state index is 0.161. The zero-order valence-corrected chi connectivity index (χ0v) is 12.6. The second-order valence-electron chi connectivity index (χ2n) is 4.61. The van der Waals surface area contributed by atoms with Crippen molar-refractivity contribution in [3.63, 3.8) is 0 Å². The summed E-state index contributed by atoms with van der Waals surface area (Å²) in [7, 11) is 1.70. The third-order valence-electron chi connectivity index (χ3n) is 2.23. The number of benzene rings is 1. The fourth-order valence-corrected chi connectivity index (χ4v) is 2.11. The molecule has 84 valence electrons. The van der Waals surface area contributed by atoms with Crippen LogP contribution in [0.1, 0.15) is 31.2 Å². The van der Waals surface area contributed by atoms with Gasteiger partial charge in [0.1, 0.15) is 5.75 Å². The van der Waals surface area contributed by atoms with Crippen LogP contribution >= 0.6 is 31.9 Å². The third-order valence-corrected chi connectivity index (χ3v) is 4.59. The maximum absolute atomic E-state index is 5.37. The van der Waals surface area contributed by atoms with Crippen molar-refractivity contribution in [1.82, 2.24) is 0 Å². The first-order chi connectivity index (χ1) is 6.86. The monoisotopic (exact) mass is 334 g/mol. The van der Waals surface area contributed by atoms with E-state index in [0.717, 1.165) is 10.2 Å². The van der Waals surface area contributed by atoms with Crippen LogP contribution in [-0.2, 0) is 0 Å². The van der Waals surface area contributed by atoms with Gasteiger partial charge in [-0.1, -0.05) is 52.6 Å². The average Bonchev–Trinajstić information content (AvgIpc) is 2.15. The number of hydrogen-bond acceptors (Lipinski definition) is 1. The summed E-state index contributed by atoms with van der Waals surface area (Å²) in [5, 5.41) is 0. The fourth-order valence-electron chi connectivity index (χ4n) is 1.37. The molecule has 3 heteroatoms. The Morgan fingerprint density at radius 3 is 2.33 bits per heavy atom. The first-order valence-electron chi connectivity index (χ1n) is 4.83.